The van der Waals surface area contributed by atoms with Gasteiger partial charge in [-0.3, -0.25) is 0 Å². The molecule has 2 heterocycles. The molecule has 118 valence electrons. The van der Waals surface area contributed by atoms with Crippen LogP contribution < -0.4 is 5.32 Å². The van der Waals surface area contributed by atoms with Gasteiger partial charge in [0, 0.05) is 39.1 Å². The summed E-state index contributed by atoms with van der Waals surface area (Å²) in [4.78, 5) is 0. The van der Waals surface area contributed by atoms with Crippen LogP contribution in [0, 0.1) is 5.92 Å². The van der Waals surface area contributed by atoms with Gasteiger partial charge in [-0.25, -0.2) is 0 Å². The Balaban J connectivity index is 1.82. The maximum atomic E-state index is 6.14. The van der Waals surface area contributed by atoms with Crippen molar-refractivity contribution in [2.75, 3.05) is 40.1 Å². The minimum Gasteiger partial charge on any atom is -0.382 e. The van der Waals surface area contributed by atoms with Crippen molar-refractivity contribution in [3.05, 3.63) is 0 Å². The Morgan fingerprint density at radius 3 is 2.80 bits per heavy atom. The van der Waals surface area contributed by atoms with Crippen LogP contribution >= 0.6 is 0 Å². The van der Waals surface area contributed by atoms with Gasteiger partial charge in [0.2, 0.25) is 0 Å². The molecule has 0 bridgehead atoms. The van der Waals surface area contributed by atoms with E-state index in [1.165, 1.54) is 19.3 Å². The molecule has 2 fully saturated rings. The smallest absolute Gasteiger partial charge is 0.0729 e. The van der Waals surface area contributed by atoms with Gasteiger partial charge in [0.25, 0.3) is 0 Å². The van der Waals surface area contributed by atoms with E-state index in [1.54, 1.807) is 0 Å². The summed E-state index contributed by atoms with van der Waals surface area (Å²) in [6.45, 7) is 6.40. The first-order valence-corrected chi connectivity index (χ1v) is 8.26. The average molecular weight is 285 g/mol. The maximum absolute atomic E-state index is 6.14. The van der Waals surface area contributed by atoms with Crippen LogP contribution in [0.3, 0.4) is 0 Å². The average Bonchev–Trinajstić information content (AvgIpc) is 2.48. The second-order valence-corrected chi connectivity index (χ2v) is 6.13. The topological polar surface area (TPSA) is 39.7 Å². The highest BCUT2D eigenvalue weighted by Gasteiger charge is 2.40. The molecule has 0 radical (unpaired) electrons. The third kappa shape index (κ3) is 4.42. The zero-order valence-electron chi connectivity index (χ0n) is 13.2. The van der Waals surface area contributed by atoms with Crippen molar-refractivity contribution in [1.29, 1.82) is 0 Å². The third-order valence-electron chi connectivity index (χ3n) is 4.88. The molecule has 2 aliphatic rings. The first-order chi connectivity index (χ1) is 9.79. The molecular formula is C16H31NO3. The largest absolute Gasteiger partial charge is 0.382 e. The molecule has 0 aromatic heterocycles. The molecule has 2 rings (SSSR count). The van der Waals surface area contributed by atoms with E-state index in [1.807, 2.05) is 0 Å². The molecule has 1 spiro atoms. The van der Waals surface area contributed by atoms with Crippen molar-refractivity contribution in [1.82, 2.24) is 5.32 Å². The lowest BCUT2D eigenvalue weighted by Gasteiger charge is -2.45. The number of ether oxygens (including phenoxy) is 3. The van der Waals surface area contributed by atoms with Crippen LogP contribution in [0.4, 0.5) is 0 Å². The molecule has 0 aliphatic carbocycles. The van der Waals surface area contributed by atoms with Crippen LogP contribution in [0.2, 0.25) is 0 Å². The summed E-state index contributed by atoms with van der Waals surface area (Å²) in [7, 11) is 2.09. The van der Waals surface area contributed by atoms with Crippen LogP contribution in [0.25, 0.3) is 0 Å². The Morgan fingerprint density at radius 1 is 1.30 bits per heavy atom. The normalized spacial score (nSPS) is 27.6. The molecule has 4 heteroatoms. The minimum atomic E-state index is 0.107. The van der Waals surface area contributed by atoms with E-state index >= 15 is 0 Å². The van der Waals surface area contributed by atoms with Crippen molar-refractivity contribution in [3.8, 4) is 0 Å². The number of rotatable bonds is 7. The fraction of sp³-hybridized carbons (Fsp3) is 1.00. The van der Waals surface area contributed by atoms with E-state index in [9.17, 15) is 0 Å². The molecular weight excluding hydrogens is 254 g/mol. The highest BCUT2D eigenvalue weighted by atomic mass is 16.5. The first-order valence-electron chi connectivity index (χ1n) is 8.26. The second kappa shape index (κ2) is 8.32. The molecule has 2 aliphatic heterocycles. The summed E-state index contributed by atoms with van der Waals surface area (Å²) < 4.78 is 17.1. The van der Waals surface area contributed by atoms with Crippen molar-refractivity contribution in [3.63, 3.8) is 0 Å². The van der Waals surface area contributed by atoms with Gasteiger partial charge in [-0.2, -0.15) is 0 Å². The van der Waals surface area contributed by atoms with Gasteiger partial charge < -0.3 is 19.5 Å². The summed E-state index contributed by atoms with van der Waals surface area (Å²) in [5, 5.41) is 3.53. The summed E-state index contributed by atoms with van der Waals surface area (Å²) in [5.74, 6) is 0.730. The molecule has 0 amide bonds. The Hall–Kier alpha value is -0.160. The molecule has 0 aromatic rings. The van der Waals surface area contributed by atoms with Crippen LogP contribution in [0.5, 0.6) is 0 Å². The SMILES string of the molecule is CCOCCCC(NC)C1CCOC2(CCOCC2)C1. The zero-order valence-corrected chi connectivity index (χ0v) is 13.2. The minimum absolute atomic E-state index is 0.107. The van der Waals surface area contributed by atoms with Gasteiger partial charge in [-0.15, -0.1) is 0 Å². The molecule has 2 saturated heterocycles. The Labute approximate surface area is 123 Å². The van der Waals surface area contributed by atoms with E-state index in [2.05, 4.69) is 19.3 Å². The Kier molecular flexibility index (Phi) is 6.75. The predicted molar refractivity (Wildman–Crippen MR) is 80.0 cm³/mol. The lowest BCUT2D eigenvalue weighted by atomic mass is 9.77. The monoisotopic (exact) mass is 285 g/mol. The van der Waals surface area contributed by atoms with Crippen molar-refractivity contribution in [2.24, 2.45) is 5.92 Å². The van der Waals surface area contributed by atoms with Gasteiger partial charge in [-0.05, 0) is 58.4 Å². The highest BCUT2D eigenvalue weighted by molar-refractivity contribution is 4.92. The fourth-order valence-electron chi connectivity index (χ4n) is 3.67. The molecule has 2 unspecified atom stereocenters. The number of nitrogens with one attached hydrogen (secondary N) is 1. The van der Waals surface area contributed by atoms with Crippen LogP contribution in [-0.4, -0.2) is 51.7 Å². The maximum Gasteiger partial charge on any atom is 0.0729 e. The molecule has 0 aromatic carbocycles. The predicted octanol–water partition coefficient (Wildman–Crippen LogP) is 2.37. The van der Waals surface area contributed by atoms with Gasteiger partial charge in [0.05, 0.1) is 5.60 Å². The van der Waals surface area contributed by atoms with Gasteiger partial charge in [0.15, 0.2) is 0 Å². The Bertz CT molecular complexity index is 261. The van der Waals surface area contributed by atoms with Crippen LogP contribution in [0.1, 0.15) is 45.4 Å². The van der Waals surface area contributed by atoms with Crippen molar-refractivity contribution < 1.29 is 14.2 Å². The number of hydrogen-bond donors (Lipinski definition) is 1. The second-order valence-electron chi connectivity index (χ2n) is 6.13. The molecule has 4 nitrogen and oxygen atoms in total. The fourth-order valence-corrected chi connectivity index (χ4v) is 3.67. The van der Waals surface area contributed by atoms with E-state index in [0.717, 1.165) is 58.2 Å². The van der Waals surface area contributed by atoms with E-state index in [0.29, 0.717) is 6.04 Å². The Morgan fingerprint density at radius 2 is 2.10 bits per heavy atom. The quantitative estimate of drug-likeness (QED) is 0.729. The molecule has 0 saturated carbocycles. The van der Waals surface area contributed by atoms with Gasteiger partial charge in [0.1, 0.15) is 0 Å². The number of hydrogen-bond acceptors (Lipinski definition) is 4. The lowest BCUT2D eigenvalue weighted by Crippen LogP contribution is -2.48. The van der Waals surface area contributed by atoms with Gasteiger partial charge >= 0.3 is 0 Å². The van der Waals surface area contributed by atoms with E-state index in [4.69, 9.17) is 14.2 Å². The van der Waals surface area contributed by atoms with Crippen molar-refractivity contribution in [2.45, 2.75) is 57.1 Å². The summed E-state index contributed by atoms with van der Waals surface area (Å²) >= 11 is 0. The summed E-state index contributed by atoms with van der Waals surface area (Å²) in [6.07, 6.45) is 6.86. The molecule has 20 heavy (non-hydrogen) atoms. The van der Waals surface area contributed by atoms with Crippen LogP contribution in [-0.2, 0) is 14.2 Å². The molecule has 2 atom stereocenters. The van der Waals surface area contributed by atoms with Crippen LogP contribution in [0.15, 0.2) is 0 Å². The summed E-state index contributed by atoms with van der Waals surface area (Å²) in [5.41, 5.74) is 0.107. The highest BCUT2D eigenvalue weighted by Crippen LogP contribution is 2.38. The summed E-state index contributed by atoms with van der Waals surface area (Å²) in [6, 6.07) is 0.596. The van der Waals surface area contributed by atoms with Gasteiger partial charge in [-0.1, -0.05) is 0 Å². The van der Waals surface area contributed by atoms with E-state index < -0.39 is 0 Å². The molecule has 1 N–H and O–H groups in total. The standard InChI is InChI=1S/C16H31NO3/c1-3-18-9-4-5-15(17-2)14-6-10-20-16(13-14)7-11-19-12-8-16/h14-15,17H,3-13H2,1-2H3. The third-order valence-corrected chi connectivity index (χ3v) is 4.88. The zero-order chi connectivity index (χ0) is 14.3. The van der Waals surface area contributed by atoms with E-state index in [-0.39, 0.29) is 5.60 Å². The lowest BCUT2D eigenvalue weighted by molar-refractivity contribution is -0.150. The first kappa shape index (κ1) is 16.2. The van der Waals surface area contributed by atoms with Crippen molar-refractivity contribution >= 4 is 0 Å².